The first-order chi connectivity index (χ1) is 9.53. The van der Waals surface area contributed by atoms with Crippen LogP contribution in [0, 0.1) is 0 Å². The van der Waals surface area contributed by atoms with Gasteiger partial charge in [-0.2, -0.15) is 0 Å². The SMILES string of the molecule is CCNS(=O)(=O)c1ccc(N)c(OCc2ccco2)c1. The Kier molecular flexibility index (Phi) is 4.31. The minimum Gasteiger partial charge on any atom is -0.483 e. The van der Waals surface area contributed by atoms with Gasteiger partial charge in [-0.15, -0.1) is 0 Å². The Morgan fingerprint density at radius 3 is 2.80 bits per heavy atom. The summed E-state index contributed by atoms with van der Waals surface area (Å²) in [7, 11) is -3.53. The summed E-state index contributed by atoms with van der Waals surface area (Å²) in [5.74, 6) is 0.935. The number of nitrogen functional groups attached to an aromatic ring is 1. The Labute approximate surface area is 117 Å². The molecule has 0 atom stereocenters. The molecule has 1 heterocycles. The molecule has 0 aliphatic rings. The van der Waals surface area contributed by atoms with E-state index in [2.05, 4.69) is 4.72 Å². The molecule has 0 unspecified atom stereocenters. The molecule has 0 spiro atoms. The van der Waals surface area contributed by atoms with Crippen molar-refractivity contribution in [1.29, 1.82) is 0 Å². The summed E-state index contributed by atoms with van der Waals surface area (Å²) in [6.45, 7) is 2.21. The highest BCUT2D eigenvalue weighted by Crippen LogP contribution is 2.26. The lowest BCUT2D eigenvalue weighted by molar-refractivity contribution is 0.271. The number of rotatable bonds is 6. The van der Waals surface area contributed by atoms with Gasteiger partial charge in [0.25, 0.3) is 0 Å². The van der Waals surface area contributed by atoms with E-state index in [9.17, 15) is 8.42 Å². The molecule has 0 radical (unpaired) electrons. The fraction of sp³-hybridized carbons (Fsp3) is 0.231. The maximum Gasteiger partial charge on any atom is 0.240 e. The highest BCUT2D eigenvalue weighted by Gasteiger charge is 2.15. The number of furan rings is 1. The van der Waals surface area contributed by atoms with Crippen LogP contribution in [0.3, 0.4) is 0 Å². The average Bonchev–Trinajstić information content (AvgIpc) is 2.90. The van der Waals surface area contributed by atoms with E-state index in [1.807, 2.05) is 0 Å². The molecule has 108 valence electrons. The summed E-state index contributed by atoms with van der Waals surface area (Å²) in [4.78, 5) is 0.114. The van der Waals surface area contributed by atoms with Crippen LogP contribution in [0.1, 0.15) is 12.7 Å². The van der Waals surface area contributed by atoms with E-state index in [1.54, 1.807) is 19.1 Å². The molecule has 0 aliphatic heterocycles. The molecule has 1 aromatic carbocycles. The van der Waals surface area contributed by atoms with Gasteiger partial charge in [0.2, 0.25) is 10.0 Å². The molecule has 20 heavy (non-hydrogen) atoms. The fourth-order valence-electron chi connectivity index (χ4n) is 1.62. The number of benzene rings is 1. The van der Waals surface area contributed by atoms with Crippen molar-refractivity contribution in [3.05, 3.63) is 42.4 Å². The normalized spacial score (nSPS) is 11.4. The second-order valence-electron chi connectivity index (χ2n) is 4.07. The van der Waals surface area contributed by atoms with E-state index in [1.165, 1.54) is 24.5 Å². The number of sulfonamides is 1. The Morgan fingerprint density at radius 1 is 1.35 bits per heavy atom. The summed E-state index contributed by atoms with van der Waals surface area (Å²) < 4.78 is 36.8. The lowest BCUT2D eigenvalue weighted by Crippen LogP contribution is -2.23. The van der Waals surface area contributed by atoms with Crippen molar-refractivity contribution in [2.24, 2.45) is 0 Å². The number of hydrogen-bond donors (Lipinski definition) is 2. The zero-order chi connectivity index (χ0) is 14.6. The van der Waals surface area contributed by atoms with Gasteiger partial charge in [0.1, 0.15) is 18.1 Å². The Bertz CT molecular complexity index is 666. The van der Waals surface area contributed by atoms with Gasteiger partial charge < -0.3 is 14.9 Å². The van der Waals surface area contributed by atoms with Gasteiger partial charge >= 0.3 is 0 Å². The molecule has 1 aromatic heterocycles. The molecule has 0 saturated carbocycles. The molecule has 7 heteroatoms. The van der Waals surface area contributed by atoms with Crippen molar-refractivity contribution in [1.82, 2.24) is 4.72 Å². The largest absolute Gasteiger partial charge is 0.483 e. The third-order valence-electron chi connectivity index (χ3n) is 2.58. The van der Waals surface area contributed by atoms with Crippen molar-refractivity contribution in [3.63, 3.8) is 0 Å². The van der Waals surface area contributed by atoms with Crippen LogP contribution in [0.25, 0.3) is 0 Å². The van der Waals surface area contributed by atoms with Crippen LogP contribution < -0.4 is 15.2 Å². The molecular weight excluding hydrogens is 280 g/mol. The topological polar surface area (TPSA) is 94.6 Å². The van der Waals surface area contributed by atoms with Crippen LogP contribution in [0.5, 0.6) is 5.75 Å². The molecule has 0 bridgehead atoms. The summed E-state index contributed by atoms with van der Waals surface area (Å²) in [5, 5.41) is 0. The lowest BCUT2D eigenvalue weighted by Gasteiger charge is -2.10. The maximum absolute atomic E-state index is 11.9. The predicted octanol–water partition coefficient (Wildman–Crippen LogP) is 1.74. The summed E-state index contributed by atoms with van der Waals surface area (Å²) in [6, 6.07) is 7.84. The molecule has 6 nitrogen and oxygen atoms in total. The van der Waals surface area contributed by atoms with Crippen molar-refractivity contribution >= 4 is 15.7 Å². The quantitative estimate of drug-likeness (QED) is 0.792. The van der Waals surface area contributed by atoms with E-state index >= 15 is 0 Å². The van der Waals surface area contributed by atoms with Crippen LogP contribution >= 0.6 is 0 Å². The molecule has 2 rings (SSSR count). The summed E-state index contributed by atoms with van der Waals surface area (Å²) in [5.41, 5.74) is 6.14. The molecule has 0 amide bonds. The molecule has 0 saturated heterocycles. The number of hydrogen-bond acceptors (Lipinski definition) is 5. The van der Waals surface area contributed by atoms with Gasteiger partial charge in [-0.1, -0.05) is 6.92 Å². The second-order valence-corrected chi connectivity index (χ2v) is 5.84. The number of ether oxygens (including phenoxy) is 1. The van der Waals surface area contributed by atoms with Crippen LogP contribution in [0.2, 0.25) is 0 Å². The monoisotopic (exact) mass is 296 g/mol. The minimum atomic E-state index is -3.53. The van der Waals surface area contributed by atoms with E-state index in [-0.39, 0.29) is 11.5 Å². The minimum absolute atomic E-state index is 0.114. The van der Waals surface area contributed by atoms with Gasteiger partial charge in [-0.05, 0) is 24.3 Å². The first-order valence-corrected chi connectivity index (χ1v) is 7.55. The molecule has 0 aliphatic carbocycles. The molecular formula is C13H16N2O4S. The first-order valence-electron chi connectivity index (χ1n) is 6.07. The van der Waals surface area contributed by atoms with Crippen LogP contribution in [-0.2, 0) is 16.6 Å². The van der Waals surface area contributed by atoms with Crippen molar-refractivity contribution in [2.75, 3.05) is 12.3 Å². The molecule has 3 N–H and O–H groups in total. The smallest absolute Gasteiger partial charge is 0.240 e. The van der Waals surface area contributed by atoms with Crippen molar-refractivity contribution in [3.8, 4) is 5.75 Å². The standard InChI is InChI=1S/C13H16N2O4S/c1-2-15-20(16,17)11-5-6-12(14)13(8-11)19-9-10-4-3-7-18-10/h3-8,15H,2,9,14H2,1H3. The van der Waals surface area contributed by atoms with Crippen molar-refractivity contribution < 1.29 is 17.6 Å². The van der Waals surface area contributed by atoms with Crippen LogP contribution in [0.15, 0.2) is 45.9 Å². The van der Waals surface area contributed by atoms with E-state index in [0.29, 0.717) is 23.7 Å². The van der Waals surface area contributed by atoms with Gasteiger partial charge in [0, 0.05) is 12.6 Å². The van der Waals surface area contributed by atoms with Gasteiger partial charge in [0.05, 0.1) is 16.8 Å². The number of nitrogens with one attached hydrogen (secondary N) is 1. The first kappa shape index (κ1) is 14.4. The number of anilines is 1. The average molecular weight is 296 g/mol. The number of nitrogens with two attached hydrogens (primary N) is 1. The molecule has 2 aromatic rings. The molecule has 0 fully saturated rings. The Morgan fingerprint density at radius 2 is 2.15 bits per heavy atom. The summed E-state index contributed by atoms with van der Waals surface area (Å²) >= 11 is 0. The Hall–Kier alpha value is -1.99. The fourth-order valence-corrected chi connectivity index (χ4v) is 2.68. The van der Waals surface area contributed by atoms with Gasteiger partial charge in [0.15, 0.2) is 0 Å². The second kappa shape index (κ2) is 5.98. The van der Waals surface area contributed by atoms with E-state index < -0.39 is 10.0 Å². The Balaban J connectivity index is 2.20. The van der Waals surface area contributed by atoms with E-state index in [4.69, 9.17) is 14.9 Å². The zero-order valence-corrected chi connectivity index (χ0v) is 11.8. The zero-order valence-electron chi connectivity index (χ0n) is 11.0. The third kappa shape index (κ3) is 3.31. The summed E-state index contributed by atoms with van der Waals surface area (Å²) in [6.07, 6.45) is 1.54. The lowest BCUT2D eigenvalue weighted by atomic mass is 10.3. The van der Waals surface area contributed by atoms with Gasteiger partial charge in [-0.3, -0.25) is 0 Å². The van der Waals surface area contributed by atoms with Crippen LogP contribution in [0.4, 0.5) is 5.69 Å². The highest BCUT2D eigenvalue weighted by molar-refractivity contribution is 7.89. The van der Waals surface area contributed by atoms with E-state index in [0.717, 1.165) is 0 Å². The highest BCUT2D eigenvalue weighted by atomic mass is 32.2. The third-order valence-corrected chi connectivity index (χ3v) is 4.12. The van der Waals surface area contributed by atoms with Crippen LogP contribution in [-0.4, -0.2) is 15.0 Å². The predicted molar refractivity (Wildman–Crippen MR) is 74.8 cm³/mol. The van der Waals surface area contributed by atoms with Gasteiger partial charge in [-0.25, -0.2) is 13.1 Å². The van der Waals surface area contributed by atoms with Crippen molar-refractivity contribution in [2.45, 2.75) is 18.4 Å². The maximum atomic E-state index is 11.9.